The summed E-state index contributed by atoms with van der Waals surface area (Å²) in [5.41, 5.74) is 1.86. The van der Waals surface area contributed by atoms with Gasteiger partial charge in [-0.15, -0.1) is 0 Å². The molecular weight excluding hydrogens is 371 g/mol. The van der Waals surface area contributed by atoms with Gasteiger partial charge in [0.15, 0.2) is 5.11 Å². The van der Waals surface area contributed by atoms with E-state index in [1.54, 1.807) is 6.07 Å². The van der Waals surface area contributed by atoms with Crippen molar-refractivity contribution in [3.63, 3.8) is 0 Å². The Morgan fingerprint density at radius 1 is 1.00 bits per heavy atom. The van der Waals surface area contributed by atoms with Gasteiger partial charge in [0, 0.05) is 32.7 Å². The van der Waals surface area contributed by atoms with Crippen LogP contribution in [0.3, 0.4) is 0 Å². The first kappa shape index (κ1) is 19.6. The molecule has 3 rings (SSSR count). The standard InChI is InChI=1S/C20H22F3N3S/c1-15-6-2-3-7-16(15)14-25-10-12-26(13-11-25)19(27)24-18-9-5-4-8-17(18)20(21,22)23/h2-9H,10-14H2,1H3,(H,24,27). The molecule has 1 N–H and O–H groups in total. The molecule has 1 aliphatic rings. The van der Waals surface area contributed by atoms with Crippen molar-refractivity contribution in [2.24, 2.45) is 0 Å². The molecule has 7 heteroatoms. The lowest BCUT2D eigenvalue weighted by Crippen LogP contribution is -2.49. The third-order valence-corrected chi connectivity index (χ3v) is 5.15. The Hall–Kier alpha value is -2.12. The molecule has 0 amide bonds. The number of rotatable bonds is 3. The van der Waals surface area contributed by atoms with Crippen LogP contribution in [0.2, 0.25) is 0 Å². The van der Waals surface area contributed by atoms with Crippen molar-refractivity contribution < 1.29 is 13.2 Å². The maximum Gasteiger partial charge on any atom is 0.418 e. The fourth-order valence-corrected chi connectivity index (χ4v) is 3.46. The van der Waals surface area contributed by atoms with E-state index in [9.17, 15) is 13.2 Å². The van der Waals surface area contributed by atoms with Crippen LogP contribution in [0.4, 0.5) is 18.9 Å². The number of piperazine rings is 1. The van der Waals surface area contributed by atoms with E-state index in [2.05, 4.69) is 29.3 Å². The van der Waals surface area contributed by atoms with Crippen LogP contribution >= 0.6 is 12.2 Å². The quantitative estimate of drug-likeness (QED) is 0.772. The molecule has 0 aromatic heterocycles. The minimum absolute atomic E-state index is 0.00246. The molecule has 0 unspecified atom stereocenters. The minimum Gasteiger partial charge on any atom is -0.346 e. The zero-order valence-corrected chi connectivity index (χ0v) is 15.9. The summed E-state index contributed by atoms with van der Waals surface area (Å²) in [7, 11) is 0. The van der Waals surface area contributed by atoms with Crippen molar-refractivity contribution in [3.05, 3.63) is 65.2 Å². The van der Waals surface area contributed by atoms with Crippen LogP contribution in [0.5, 0.6) is 0 Å². The third-order valence-electron chi connectivity index (χ3n) is 4.79. The highest BCUT2D eigenvalue weighted by atomic mass is 32.1. The van der Waals surface area contributed by atoms with Crippen molar-refractivity contribution in [1.82, 2.24) is 9.80 Å². The second kappa shape index (κ2) is 8.27. The lowest BCUT2D eigenvalue weighted by atomic mass is 10.1. The van der Waals surface area contributed by atoms with Crippen molar-refractivity contribution in [3.8, 4) is 0 Å². The van der Waals surface area contributed by atoms with Gasteiger partial charge in [0.1, 0.15) is 0 Å². The van der Waals surface area contributed by atoms with E-state index in [1.807, 2.05) is 17.0 Å². The molecule has 3 nitrogen and oxygen atoms in total. The van der Waals surface area contributed by atoms with E-state index in [1.165, 1.54) is 23.3 Å². The van der Waals surface area contributed by atoms with Crippen LogP contribution in [0.1, 0.15) is 16.7 Å². The van der Waals surface area contributed by atoms with Crippen LogP contribution in [0, 0.1) is 6.92 Å². The maximum absolute atomic E-state index is 13.1. The highest BCUT2D eigenvalue weighted by Crippen LogP contribution is 2.34. The first-order valence-electron chi connectivity index (χ1n) is 8.83. The number of nitrogens with one attached hydrogen (secondary N) is 1. The molecule has 0 bridgehead atoms. The van der Waals surface area contributed by atoms with Gasteiger partial charge in [-0.3, -0.25) is 4.90 Å². The topological polar surface area (TPSA) is 18.5 Å². The molecular formula is C20H22F3N3S. The van der Waals surface area contributed by atoms with Gasteiger partial charge in [0.05, 0.1) is 11.3 Å². The van der Waals surface area contributed by atoms with Gasteiger partial charge >= 0.3 is 6.18 Å². The summed E-state index contributed by atoms with van der Waals surface area (Å²) < 4.78 is 39.4. The van der Waals surface area contributed by atoms with E-state index < -0.39 is 11.7 Å². The molecule has 0 spiro atoms. The maximum atomic E-state index is 13.1. The van der Waals surface area contributed by atoms with Gasteiger partial charge < -0.3 is 10.2 Å². The number of alkyl halides is 3. The molecule has 2 aromatic carbocycles. The Morgan fingerprint density at radius 3 is 2.30 bits per heavy atom. The van der Waals surface area contributed by atoms with Crippen molar-refractivity contribution in [1.29, 1.82) is 0 Å². The molecule has 1 saturated heterocycles. The summed E-state index contributed by atoms with van der Waals surface area (Å²) in [4.78, 5) is 4.27. The molecule has 1 heterocycles. The average molecular weight is 393 g/mol. The van der Waals surface area contributed by atoms with Gasteiger partial charge in [-0.25, -0.2) is 0 Å². The van der Waals surface area contributed by atoms with Crippen LogP contribution in [-0.2, 0) is 12.7 Å². The first-order valence-corrected chi connectivity index (χ1v) is 9.24. The van der Waals surface area contributed by atoms with Gasteiger partial charge in [-0.2, -0.15) is 13.2 Å². The molecule has 1 fully saturated rings. The molecule has 0 radical (unpaired) electrons. The van der Waals surface area contributed by atoms with Gasteiger partial charge in [-0.05, 0) is 42.4 Å². The normalized spacial score (nSPS) is 15.6. The van der Waals surface area contributed by atoms with Gasteiger partial charge in [0.25, 0.3) is 0 Å². The first-order chi connectivity index (χ1) is 12.8. The zero-order chi connectivity index (χ0) is 19.4. The molecule has 0 atom stereocenters. The van der Waals surface area contributed by atoms with Crippen LogP contribution in [0.25, 0.3) is 0 Å². The molecule has 1 aliphatic heterocycles. The summed E-state index contributed by atoms with van der Waals surface area (Å²) in [6.45, 7) is 5.98. The van der Waals surface area contributed by atoms with E-state index in [4.69, 9.17) is 12.2 Å². The van der Waals surface area contributed by atoms with Crippen molar-refractivity contribution >= 4 is 23.0 Å². The monoisotopic (exact) mass is 393 g/mol. The SMILES string of the molecule is Cc1ccccc1CN1CCN(C(=S)Nc2ccccc2C(F)(F)F)CC1. The predicted octanol–water partition coefficient (Wildman–Crippen LogP) is 4.53. The van der Waals surface area contributed by atoms with Crippen molar-refractivity contribution in [2.45, 2.75) is 19.6 Å². The van der Waals surface area contributed by atoms with Crippen molar-refractivity contribution in [2.75, 3.05) is 31.5 Å². The summed E-state index contributed by atoms with van der Waals surface area (Å²) in [5.74, 6) is 0. The number of benzene rings is 2. The van der Waals surface area contributed by atoms with E-state index in [0.717, 1.165) is 25.7 Å². The van der Waals surface area contributed by atoms with E-state index in [-0.39, 0.29) is 5.69 Å². The van der Waals surface area contributed by atoms with E-state index >= 15 is 0 Å². The van der Waals surface area contributed by atoms with Gasteiger partial charge in [0.2, 0.25) is 0 Å². The number of halogens is 3. The number of anilines is 1. The highest BCUT2D eigenvalue weighted by molar-refractivity contribution is 7.80. The second-order valence-corrected chi connectivity index (χ2v) is 7.05. The van der Waals surface area contributed by atoms with E-state index in [0.29, 0.717) is 18.2 Å². The summed E-state index contributed by atoms with van der Waals surface area (Å²) in [5, 5.41) is 3.11. The number of hydrogen-bond acceptors (Lipinski definition) is 2. The summed E-state index contributed by atoms with van der Waals surface area (Å²) in [6, 6.07) is 13.7. The van der Waals surface area contributed by atoms with Crippen LogP contribution < -0.4 is 5.32 Å². The molecule has 2 aromatic rings. The van der Waals surface area contributed by atoms with Gasteiger partial charge in [-0.1, -0.05) is 36.4 Å². The number of hydrogen-bond donors (Lipinski definition) is 1. The second-order valence-electron chi connectivity index (χ2n) is 6.66. The Morgan fingerprint density at radius 2 is 1.63 bits per heavy atom. The zero-order valence-electron chi connectivity index (χ0n) is 15.1. The highest BCUT2D eigenvalue weighted by Gasteiger charge is 2.33. The summed E-state index contributed by atoms with van der Waals surface area (Å²) in [6.07, 6.45) is -4.41. The molecule has 0 aliphatic carbocycles. The smallest absolute Gasteiger partial charge is 0.346 e. The molecule has 27 heavy (non-hydrogen) atoms. The average Bonchev–Trinajstić information content (AvgIpc) is 2.64. The Balaban J connectivity index is 1.57. The Bertz CT molecular complexity index is 799. The largest absolute Gasteiger partial charge is 0.418 e. The Kier molecular flexibility index (Phi) is 6.01. The molecule has 144 valence electrons. The number of thiocarbonyl (C=S) groups is 1. The third kappa shape index (κ3) is 4.99. The number of aryl methyl sites for hydroxylation is 1. The lowest BCUT2D eigenvalue weighted by Gasteiger charge is -2.36. The minimum atomic E-state index is -4.41. The lowest BCUT2D eigenvalue weighted by molar-refractivity contribution is -0.136. The predicted molar refractivity (Wildman–Crippen MR) is 106 cm³/mol. The fourth-order valence-electron chi connectivity index (χ4n) is 3.17. The fraction of sp³-hybridized carbons (Fsp3) is 0.350. The number of nitrogens with zero attached hydrogens (tertiary/aromatic N) is 2. The number of para-hydroxylation sites is 1. The summed E-state index contributed by atoms with van der Waals surface area (Å²) >= 11 is 5.36. The Labute approximate surface area is 162 Å². The molecule has 0 saturated carbocycles. The van der Waals surface area contributed by atoms with Crippen LogP contribution in [0.15, 0.2) is 48.5 Å². The van der Waals surface area contributed by atoms with Crippen LogP contribution in [-0.4, -0.2) is 41.1 Å².